The maximum atomic E-state index is 13.6. The Kier molecular flexibility index (Phi) is 4.14. The highest BCUT2D eigenvalue weighted by atomic mass is 79.9. The number of hydrogen-bond acceptors (Lipinski definition) is 3. The van der Waals surface area contributed by atoms with E-state index < -0.39 is 0 Å². The smallest absolute Gasteiger partial charge is 0.150 e. The highest BCUT2D eigenvalue weighted by Gasteiger charge is 2.11. The van der Waals surface area contributed by atoms with Crippen LogP contribution in [-0.2, 0) is 6.54 Å². The fraction of sp³-hybridized carbons (Fsp3) is 0.167. The summed E-state index contributed by atoms with van der Waals surface area (Å²) in [7, 11) is 1.80. The topological polar surface area (TPSA) is 29.0 Å². The minimum atomic E-state index is -0.254. The first-order valence-electron chi connectivity index (χ1n) is 5.18. The van der Waals surface area contributed by atoms with Gasteiger partial charge in [0.2, 0.25) is 0 Å². The van der Waals surface area contributed by atoms with Crippen LogP contribution in [0.15, 0.2) is 35.2 Å². The SMILES string of the molecule is CN(Cc1cc(Br)ccc1F)c1ncncc1Cl. The molecule has 1 heterocycles. The Bertz CT molecular complexity index is 565. The number of aromatic nitrogens is 2. The number of rotatable bonds is 3. The van der Waals surface area contributed by atoms with Crippen LogP contribution in [-0.4, -0.2) is 17.0 Å². The highest BCUT2D eigenvalue weighted by Crippen LogP contribution is 2.23. The molecular formula is C12H10BrClFN3. The molecule has 0 fully saturated rings. The van der Waals surface area contributed by atoms with Gasteiger partial charge in [-0.05, 0) is 18.2 Å². The summed E-state index contributed by atoms with van der Waals surface area (Å²) in [6.07, 6.45) is 2.92. The zero-order valence-corrected chi connectivity index (χ0v) is 11.9. The van der Waals surface area contributed by atoms with Gasteiger partial charge in [0.15, 0.2) is 5.82 Å². The molecule has 0 N–H and O–H groups in total. The Hall–Kier alpha value is -1.20. The van der Waals surface area contributed by atoms with Gasteiger partial charge < -0.3 is 4.90 Å². The number of nitrogens with zero attached hydrogens (tertiary/aromatic N) is 3. The van der Waals surface area contributed by atoms with E-state index in [4.69, 9.17) is 11.6 Å². The summed E-state index contributed by atoms with van der Waals surface area (Å²) in [6, 6.07) is 4.83. The van der Waals surface area contributed by atoms with Crippen molar-refractivity contribution in [1.82, 2.24) is 9.97 Å². The third kappa shape index (κ3) is 2.97. The van der Waals surface area contributed by atoms with Crippen LogP contribution in [0.2, 0.25) is 5.02 Å². The molecule has 0 saturated heterocycles. The molecule has 0 radical (unpaired) electrons. The largest absolute Gasteiger partial charge is 0.354 e. The zero-order valence-electron chi connectivity index (χ0n) is 9.57. The molecule has 0 saturated carbocycles. The van der Waals surface area contributed by atoms with Gasteiger partial charge in [-0.25, -0.2) is 14.4 Å². The first-order valence-corrected chi connectivity index (χ1v) is 6.35. The van der Waals surface area contributed by atoms with E-state index in [1.54, 1.807) is 24.1 Å². The van der Waals surface area contributed by atoms with Gasteiger partial charge in [-0.3, -0.25) is 0 Å². The lowest BCUT2D eigenvalue weighted by Gasteiger charge is -2.19. The number of benzene rings is 1. The Morgan fingerprint density at radius 3 is 2.94 bits per heavy atom. The van der Waals surface area contributed by atoms with Gasteiger partial charge in [-0.2, -0.15) is 0 Å². The minimum Gasteiger partial charge on any atom is -0.354 e. The number of halogens is 3. The fourth-order valence-corrected chi connectivity index (χ4v) is 2.24. The lowest BCUT2D eigenvalue weighted by molar-refractivity contribution is 0.607. The highest BCUT2D eigenvalue weighted by molar-refractivity contribution is 9.10. The molecule has 0 aliphatic carbocycles. The van der Waals surface area contributed by atoms with Crippen LogP contribution in [0.4, 0.5) is 10.2 Å². The minimum absolute atomic E-state index is 0.254. The molecule has 0 aliphatic heterocycles. The van der Waals surface area contributed by atoms with Crippen LogP contribution < -0.4 is 4.90 Å². The van der Waals surface area contributed by atoms with Gasteiger partial charge in [0.05, 0.1) is 6.20 Å². The second-order valence-corrected chi connectivity index (χ2v) is 5.11. The van der Waals surface area contributed by atoms with Gasteiger partial charge in [-0.1, -0.05) is 27.5 Å². The first kappa shape index (κ1) is 13.2. The van der Waals surface area contributed by atoms with Crippen LogP contribution in [0.5, 0.6) is 0 Å². The van der Waals surface area contributed by atoms with Gasteiger partial charge in [0.25, 0.3) is 0 Å². The Morgan fingerprint density at radius 2 is 2.22 bits per heavy atom. The molecule has 1 aromatic carbocycles. The van der Waals surface area contributed by atoms with E-state index in [1.165, 1.54) is 18.6 Å². The van der Waals surface area contributed by atoms with Gasteiger partial charge in [0, 0.05) is 23.6 Å². The molecule has 0 aliphatic rings. The van der Waals surface area contributed by atoms with E-state index in [9.17, 15) is 4.39 Å². The molecule has 2 aromatic rings. The van der Waals surface area contributed by atoms with Crippen molar-refractivity contribution >= 4 is 33.3 Å². The quantitative estimate of drug-likeness (QED) is 0.860. The van der Waals surface area contributed by atoms with E-state index in [0.717, 1.165) is 4.47 Å². The summed E-state index contributed by atoms with van der Waals surface area (Å²) in [4.78, 5) is 9.66. The van der Waals surface area contributed by atoms with E-state index in [2.05, 4.69) is 25.9 Å². The third-order valence-electron chi connectivity index (χ3n) is 2.43. The molecule has 0 unspecified atom stereocenters. The lowest BCUT2D eigenvalue weighted by atomic mass is 10.2. The number of hydrogen-bond donors (Lipinski definition) is 0. The van der Waals surface area contributed by atoms with Crippen LogP contribution in [0.25, 0.3) is 0 Å². The van der Waals surface area contributed by atoms with E-state index in [-0.39, 0.29) is 5.82 Å². The molecule has 0 bridgehead atoms. The Labute approximate surface area is 118 Å². The predicted octanol–water partition coefficient (Wildman–Crippen LogP) is 3.67. The van der Waals surface area contributed by atoms with E-state index in [1.807, 2.05) is 0 Å². The van der Waals surface area contributed by atoms with Crippen molar-refractivity contribution in [2.24, 2.45) is 0 Å². The maximum absolute atomic E-state index is 13.6. The normalized spacial score (nSPS) is 10.4. The summed E-state index contributed by atoms with van der Waals surface area (Å²) in [6.45, 7) is 0.377. The van der Waals surface area contributed by atoms with Gasteiger partial charge >= 0.3 is 0 Å². The Morgan fingerprint density at radius 1 is 1.44 bits per heavy atom. The van der Waals surface area contributed by atoms with Crippen molar-refractivity contribution in [2.45, 2.75) is 6.54 Å². The lowest BCUT2D eigenvalue weighted by Crippen LogP contribution is -2.19. The molecular weight excluding hydrogens is 321 g/mol. The maximum Gasteiger partial charge on any atom is 0.150 e. The summed E-state index contributed by atoms with van der Waals surface area (Å²) in [5.74, 6) is 0.321. The fourth-order valence-electron chi connectivity index (χ4n) is 1.58. The van der Waals surface area contributed by atoms with Crippen molar-refractivity contribution in [3.63, 3.8) is 0 Å². The van der Waals surface area contributed by atoms with Crippen molar-refractivity contribution < 1.29 is 4.39 Å². The Balaban J connectivity index is 2.24. The molecule has 1 aromatic heterocycles. The second kappa shape index (κ2) is 5.63. The van der Waals surface area contributed by atoms with Crippen LogP contribution >= 0.6 is 27.5 Å². The molecule has 0 amide bonds. The van der Waals surface area contributed by atoms with Gasteiger partial charge in [0.1, 0.15) is 17.2 Å². The van der Waals surface area contributed by atoms with Crippen LogP contribution in [0.3, 0.4) is 0 Å². The van der Waals surface area contributed by atoms with Crippen molar-refractivity contribution in [2.75, 3.05) is 11.9 Å². The predicted molar refractivity (Wildman–Crippen MR) is 73.2 cm³/mol. The average molecular weight is 331 g/mol. The summed E-state index contributed by atoms with van der Waals surface area (Å²) in [5.41, 5.74) is 0.571. The molecule has 6 heteroatoms. The van der Waals surface area contributed by atoms with E-state index in [0.29, 0.717) is 22.9 Å². The van der Waals surface area contributed by atoms with Crippen molar-refractivity contribution in [3.8, 4) is 0 Å². The van der Waals surface area contributed by atoms with Gasteiger partial charge in [-0.15, -0.1) is 0 Å². The number of anilines is 1. The monoisotopic (exact) mass is 329 g/mol. The average Bonchev–Trinajstić information content (AvgIpc) is 2.34. The third-order valence-corrected chi connectivity index (χ3v) is 3.18. The molecule has 0 atom stereocenters. The molecule has 2 rings (SSSR count). The first-order chi connectivity index (χ1) is 8.58. The molecule has 3 nitrogen and oxygen atoms in total. The van der Waals surface area contributed by atoms with E-state index >= 15 is 0 Å². The second-order valence-electron chi connectivity index (χ2n) is 3.79. The summed E-state index contributed by atoms with van der Waals surface area (Å²) in [5, 5.41) is 0.440. The van der Waals surface area contributed by atoms with Crippen molar-refractivity contribution in [1.29, 1.82) is 0 Å². The molecule has 18 heavy (non-hydrogen) atoms. The van der Waals surface area contributed by atoms with Crippen molar-refractivity contribution in [3.05, 3.63) is 51.6 Å². The van der Waals surface area contributed by atoms with Crippen LogP contribution in [0, 0.1) is 5.82 Å². The zero-order chi connectivity index (χ0) is 13.1. The molecule has 0 spiro atoms. The standard InChI is InChI=1S/C12H10BrClFN3/c1-18(12-10(14)5-16-7-17-12)6-8-4-9(13)2-3-11(8)15/h2-5,7H,6H2,1H3. The summed E-state index contributed by atoms with van der Waals surface area (Å²) < 4.78 is 14.5. The summed E-state index contributed by atoms with van der Waals surface area (Å²) >= 11 is 9.31. The molecule has 94 valence electrons. The van der Waals surface area contributed by atoms with Crippen LogP contribution in [0.1, 0.15) is 5.56 Å².